The fourth-order valence-electron chi connectivity index (χ4n) is 2.86. The molecule has 0 heterocycles. The summed E-state index contributed by atoms with van der Waals surface area (Å²) in [4.78, 5) is 24.4. The number of aryl methyl sites for hydroxylation is 1. The quantitative estimate of drug-likeness (QED) is 0.420. The first-order valence-electron chi connectivity index (χ1n) is 9.26. The minimum atomic E-state index is -0.609. The monoisotopic (exact) mass is 428 g/mol. The van der Waals surface area contributed by atoms with Gasteiger partial charge in [-0.05, 0) is 42.3 Å². The largest absolute Gasteiger partial charge is 0.322 e. The fraction of sp³-hybridized carbons (Fsp3) is 0.0870. The number of nitrogens with zero attached hydrogens (tertiary/aromatic N) is 3. The SMILES string of the molecule is CCc1ccc(NC(=O)c2ccccc2Sc2cc(C#N)c(C#N)cc2[N+](=O)[O-])cc1. The van der Waals surface area contributed by atoms with Crippen molar-refractivity contribution in [3.05, 3.63) is 93.0 Å². The van der Waals surface area contributed by atoms with Gasteiger partial charge in [-0.1, -0.05) is 43.0 Å². The Balaban J connectivity index is 1.95. The van der Waals surface area contributed by atoms with Crippen LogP contribution in [0.5, 0.6) is 0 Å². The van der Waals surface area contributed by atoms with Crippen LogP contribution in [-0.4, -0.2) is 10.8 Å². The van der Waals surface area contributed by atoms with Crippen molar-refractivity contribution in [3.8, 4) is 12.1 Å². The Morgan fingerprint density at radius 1 is 1.03 bits per heavy atom. The Labute approximate surface area is 183 Å². The smallest absolute Gasteiger partial charge is 0.284 e. The lowest BCUT2D eigenvalue weighted by Crippen LogP contribution is -2.13. The molecule has 0 saturated heterocycles. The minimum absolute atomic E-state index is 0.0357. The van der Waals surface area contributed by atoms with Gasteiger partial charge in [0.05, 0.1) is 26.5 Å². The normalized spacial score (nSPS) is 10.0. The van der Waals surface area contributed by atoms with E-state index in [-0.39, 0.29) is 27.6 Å². The van der Waals surface area contributed by atoms with Gasteiger partial charge in [0.25, 0.3) is 11.6 Å². The molecule has 0 saturated carbocycles. The van der Waals surface area contributed by atoms with Gasteiger partial charge in [0.1, 0.15) is 12.1 Å². The highest BCUT2D eigenvalue weighted by Crippen LogP contribution is 2.38. The van der Waals surface area contributed by atoms with Gasteiger partial charge in [0, 0.05) is 16.6 Å². The molecule has 0 aromatic heterocycles. The zero-order valence-corrected chi connectivity index (χ0v) is 17.3. The van der Waals surface area contributed by atoms with Crippen molar-refractivity contribution >= 4 is 29.0 Å². The zero-order chi connectivity index (χ0) is 22.4. The van der Waals surface area contributed by atoms with E-state index in [1.807, 2.05) is 37.3 Å². The van der Waals surface area contributed by atoms with Crippen molar-refractivity contribution in [2.45, 2.75) is 23.1 Å². The molecule has 31 heavy (non-hydrogen) atoms. The zero-order valence-electron chi connectivity index (χ0n) is 16.5. The second-order valence-electron chi connectivity index (χ2n) is 6.45. The highest BCUT2D eigenvalue weighted by Gasteiger charge is 2.21. The molecule has 8 heteroatoms. The molecule has 0 radical (unpaired) electrons. The van der Waals surface area contributed by atoms with E-state index in [4.69, 9.17) is 5.26 Å². The van der Waals surface area contributed by atoms with E-state index in [9.17, 15) is 20.2 Å². The van der Waals surface area contributed by atoms with Crippen LogP contribution in [0.4, 0.5) is 11.4 Å². The predicted octanol–water partition coefficient (Wildman–Crippen LogP) is 5.30. The number of anilines is 1. The van der Waals surface area contributed by atoms with Crippen LogP contribution in [0.25, 0.3) is 0 Å². The highest BCUT2D eigenvalue weighted by molar-refractivity contribution is 7.99. The number of hydrogen-bond donors (Lipinski definition) is 1. The first-order valence-corrected chi connectivity index (χ1v) is 10.1. The summed E-state index contributed by atoms with van der Waals surface area (Å²) in [5.74, 6) is -0.357. The lowest BCUT2D eigenvalue weighted by atomic mass is 10.1. The van der Waals surface area contributed by atoms with Crippen molar-refractivity contribution in [2.75, 3.05) is 5.32 Å². The van der Waals surface area contributed by atoms with E-state index < -0.39 is 4.92 Å². The van der Waals surface area contributed by atoms with E-state index in [0.29, 0.717) is 16.1 Å². The predicted molar refractivity (Wildman–Crippen MR) is 117 cm³/mol. The summed E-state index contributed by atoms with van der Waals surface area (Å²) in [5.41, 5.74) is 1.79. The summed E-state index contributed by atoms with van der Waals surface area (Å²) in [6.07, 6.45) is 0.891. The molecule has 1 amide bonds. The molecule has 0 aliphatic carbocycles. The molecule has 0 bridgehead atoms. The molecule has 0 aliphatic rings. The number of amides is 1. The van der Waals surface area contributed by atoms with Crippen LogP contribution in [0.15, 0.2) is 70.5 Å². The van der Waals surface area contributed by atoms with Crippen molar-refractivity contribution in [1.82, 2.24) is 0 Å². The van der Waals surface area contributed by atoms with Crippen LogP contribution in [0.3, 0.4) is 0 Å². The maximum Gasteiger partial charge on any atom is 0.284 e. The van der Waals surface area contributed by atoms with Gasteiger partial charge in [0.15, 0.2) is 0 Å². The van der Waals surface area contributed by atoms with E-state index in [1.165, 1.54) is 6.07 Å². The van der Waals surface area contributed by atoms with Gasteiger partial charge in [0.2, 0.25) is 0 Å². The average Bonchev–Trinajstić information content (AvgIpc) is 2.79. The molecule has 0 spiro atoms. The Morgan fingerprint density at radius 2 is 1.68 bits per heavy atom. The Morgan fingerprint density at radius 3 is 2.29 bits per heavy atom. The Bertz CT molecular complexity index is 1240. The van der Waals surface area contributed by atoms with Crippen LogP contribution in [-0.2, 0) is 6.42 Å². The molecule has 0 fully saturated rings. The third-order valence-corrected chi connectivity index (χ3v) is 5.63. The first kappa shape index (κ1) is 21.6. The number of nitro groups is 1. The lowest BCUT2D eigenvalue weighted by molar-refractivity contribution is -0.387. The third kappa shape index (κ3) is 4.89. The molecular weight excluding hydrogens is 412 g/mol. The number of nitriles is 2. The first-order chi connectivity index (χ1) is 15.0. The Hall–Kier alpha value is -4.14. The maximum absolute atomic E-state index is 12.9. The number of rotatable bonds is 6. The van der Waals surface area contributed by atoms with Gasteiger partial charge in [-0.2, -0.15) is 10.5 Å². The molecule has 3 rings (SSSR count). The van der Waals surface area contributed by atoms with E-state index in [2.05, 4.69) is 5.32 Å². The molecule has 152 valence electrons. The molecule has 1 N–H and O–H groups in total. The second-order valence-corrected chi connectivity index (χ2v) is 7.53. The summed E-state index contributed by atoms with van der Waals surface area (Å²) in [7, 11) is 0. The third-order valence-electron chi connectivity index (χ3n) is 4.51. The van der Waals surface area contributed by atoms with Crippen molar-refractivity contribution < 1.29 is 9.72 Å². The van der Waals surface area contributed by atoms with Crippen molar-refractivity contribution in [2.24, 2.45) is 0 Å². The van der Waals surface area contributed by atoms with Gasteiger partial charge in [-0.3, -0.25) is 14.9 Å². The second kappa shape index (κ2) is 9.57. The van der Waals surface area contributed by atoms with Crippen molar-refractivity contribution in [3.63, 3.8) is 0 Å². The summed E-state index contributed by atoms with van der Waals surface area (Å²) < 4.78 is 0. The summed E-state index contributed by atoms with van der Waals surface area (Å²) in [6, 6.07) is 20.3. The van der Waals surface area contributed by atoms with E-state index in [1.54, 1.807) is 30.3 Å². The fourth-order valence-corrected chi connectivity index (χ4v) is 3.93. The molecular formula is C23H16N4O3S. The summed E-state index contributed by atoms with van der Waals surface area (Å²) in [6.45, 7) is 2.04. The average molecular weight is 428 g/mol. The number of carbonyl (C=O) groups is 1. The molecule has 3 aromatic carbocycles. The van der Waals surface area contributed by atoms with Crippen molar-refractivity contribution in [1.29, 1.82) is 10.5 Å². The van der Waals surface area contributed by atoms with Crippen LogP contribution in [0.1, 0.15) is 34.0 Å². The molecule has 0 atom stereocenters. The molecule has 0 aliphatic heterocycles. The standard InChI is InChI=1S/C23H16N4O3S/c1-2-15-7-9-18(10-8-15)26-23(28)19-5-3-4-6-21(19)31-22-12-17(14-25)16(13-24)11-20(22)27(29)30/h3-12H,2H2,1H3,(H,26,28). The van der Waals surface area contributed by atoms with Crippen LogP contribution < -0.4 is 5.32 Å². The van der Waals surface area contributed by atoms with E-state index >= 15 is 0 Å². The Kier molecular flexibility index (Phi) is 6.66. The van der Waals surface area contributed by atoms with Gasteiger partial charge < -0.3 is 5.32 Å². The van der Waals surface area contributed by atoms with Gasteiger partial charge in [-0.25, -0.2) is 0 Å². The number of nitro benzene ring substituents is 1. The highest BCUT2D eigenvalue weighted by atomic mass is 32.2. The summed E-state index contributed by atoms with van der Waals surface area (Å²) in [5, 5.41) is 32.8. The van der Waals surface area contributed by atoms with Crippen LogP contribution in [0.2, 0.25) is 0 Å². The van der Waals surface area contributed by atoms with E-state index in [0.717, 1.165) is 29.8 Å². The van der Waals surface area contributed by atoms with Gasteiger partial charge in [-0.15, -0.1) is 0 Å². The summed E-state index contributed by atoms with van der Waals surface area (Å²) >= 11 is 1.000. The van der Waals surface area contributed by atoms with Crippen LogP contribution >= 0.6 is 11.8 Å². The molecule has 0 unspecified atom stereocenters. The minimum Gasteiger partial charge on any atom is -0.322 e. The van der Waals surface area contributed by atoms with Crippen LogP contribution in [0, 0.1) is 32.8 Å². The topological polar surface area (TPSA) is 120 Å². The molecule has 3 aromatic rings. The van der Waals surface area contributed by atoms with Gasteiger partial charge >= 0.3 is 0 Å². The number of benzene rings is 3. The maximum atomic E-state index is 12.9. The number of nitrogens with one attached hydrogen (secondary N) is 1. The lowest BCUT2D eigenvalue weighted by Gasteiger charge is -2.11. The number of carbonyl (C=O) groups excluding carboxylic acids is 1. The molecule has 7 nitrogen and oxygen atoms in total. The number of hydrogen-bond acceptors (Lipinski definition) is 6.